The zero-order valence-electron chi connectivity index (χ0n) is 10.8. The van der Waals surface area contributed by atoms with Gasteiger partial charge in [-0.05, 0) is 16.7 Å². The van der Waals surface area contributed by atoms with E-state index in [0.717, 1.165) is 24.2 Å². The lowest BCUT2D eigenvalue weighted by atomic mass is 9.88. The molecule has 1 heterocycles. The van der Waals surface area contributed by atoms with E-state index in [2.05, 4.69) is 6.07 Å². The third-order valence-corrected chi connectivity index (χ3v) is 3.56. The van der Waals surface area contributed by atoms with Crippen molar-refractivity contribution in [3.8, 4) is 0 Å². The lowest BCUT2D eigenvalue weighted by molar-refractivity contribution is 0.406. The topological polar surface area (TPSA) is 64.6 Å². The highest BCUT2D eigenvalue weighted by atomic mass is 16.6. The van der Waals surface area contributed by atoms with E-state index in [1.807, 2.05) is 48.5 Å². The number of epoxide rings is 1. The van der Waals surface area contributed by atoms with Crippen molar-refractivity contribution in [3.05, 3.63) is 71.3 Å². The van der Waals surface area contributed by atoms with Crippen LogP contribution in [0.3, 0.4) is 0 Å². The van der Waals surface area contributed by atoms with Gasteiger partial charge in [0.2, 0.25) is 0 Å². The van der Waals surface area contributed by atoms with Gasteiger partial charge in [-0.3, -0.25) is 0 Å². The molecule has 1 saturated heterocycles. The fourth-order valence-corrected chi connectivity index (χ4v) is 2.40. The standard InChI is InChI=1S/C16H18N2O/c17-16(18,13-7-2-1-3-8-13)15-9-5-4-6-12(15)10-14-11-19-14/h1-9,14H,10-11,17-18H2. The maximum Gasteiger partial charge on any atom is 0.117 e. The van der Waals surface area contributed by atoms with Gasteiger partial charge >= 0.3 is 0 Å². The molecule has 1 atom stereocenters. The molecule has 0 bridgehead atoms. The second kappa shape index (κ2) is 4.78. The molecule has 0 radical (unpaired) electrons. The summed E-state index contributed by atoms with van der Waals surface area (Å²) in [6.07, 6.45) is 1.20. The fraction of sp³-hybridized carbons (Fsp3) is 0.250. The third kappa shape index (κ3) is 2.54. The van der Waals surface area contributed by atoms with Crippen molar-refractivity contribution in [2.45, 2.75) is 18.2 Å². The van der Waals surface area contributed by atoms with Crippen LogP contribution in [0.15, 0.2) is 54.6 Å². The Labute approximate surface area is 113 Å². The van der Waals surface area contributed by atoms with Crippen LogP contribution in [-0.2, 0) is 16.8 Å². The van der Waals surface area contributed by atoms with E-state index in [1.165, 1.54) is 5.56 Å². The molecular formula is C16H18N2O. The largest absolute Gasteiger partial charge is 0.373 e. The Kier molecular flexibility index (Phi) is 3.11. The van der Waals surface area contributed by atoms with Gasteiger partial charge in [0.1, 0.15) is 5.66 Å². The van der Waals surface area contributed by atoms with Gasteiger partial charge in [-0.25, -0.2) is 0 Å². The van der Waals surface area contributed by atoms with Crippen LogP contribution in [-0.4, -0.2) is 12.7 Å². The van der Waals surface area contributed by atoms with Crippen molar-refractivity contribution in [2.24, 2.45) is 11.5 Å². The van der Waals surface area contributed by atoms with Gasteiger partial charge in [0.05, 0.1) is 12.7 Å². The monoisotopic (exact) mass is 254 g/mol. The fourth-order valence-electron chi connectivity index (χ4n) is 2.40. The van der Waals surface area contributed by atoms with Crippen LogP contribution in [0.5, 0.6) is 0 Å². The predicted molar refractivity (Wildman–Crippen MR) is 75.5 cm³/mol. The summed E-state index contributed by atoms with van der Waals surface area (Å²) < 4.78 is 5.30. The maximum absolute atomic E-state index is 6.39. The summed E-state index contributed by atoms with van der Waals surface area (Å²) in [4.78, 5) is 0. The average Bonchev–Trinajstić information content (AvgIpc) is 3.24. The first-order chi connectivity index (χ1) is 9.18. The van der Waals surface area contributed by atoms with Crippen molar-refractivity contribution < 1.29 is 4.74 Å². The smallest absolute Gasteiger partial charge is 0.117 e. The molecule has 2 aromatic carbocycles. The third-order valence-electron chi connectivity index (χ3n) is 3.56. The van der Waals surface area contributed by atoms with Crippen molar-refractivity contribution in [3.63, 3.8) is 0 Å². The van der Waals surface area contributed by atoms with E-state index in [0.29, 0.717) is 6.10 Å². The first kappa shape index (κ1) is 12.4. The predicted octanol–water partition coefficient (Wildman–Crippen LogP) is 1.75. The molecule has 98 valence electrons. The van der Waals surface area contributed by atoms with Gasteiger partial charge in [0.25, 0.3) is 0 Å². The summed E-state index contributed by atoms with van der Waals surface area (Å²) in [6.45, 7) is 0.835. The summed E-state index contributed by atoms with van der Waals surface area (Å²) >= 11 is 0. The Hall–Kier alpha value is -1.68. The molecule has 0 spiro atoms. The Morgan fingerprint density at radius 1 is 1.00 bits per heavy atom. The van der Waals surface area contributed by atoms with Crippen LogP contribution in [0.2, 0.25) is 0 Å². The van der Waals surface area contributed by atoms with Crippen LogP contribution in [0.1, 0.15) is 16.7 Å². The average molecular weight is 254 g/mol. The first-order valence-electron chi connectivity index (χ1n) is 6.51. The lowest BCUT2D eigenvalue weighted by Gasteiger charge is -2.28. The van der Waals surface area contributed by atoms with Crippen LogP contribution in [0.25, 0.3) is 0 Å². The molecule has 19 heavy (non-hydrogen) atoms. The molecule has 0 aromatic heterocycles. The van der Waals surface area contributed by atoms with Crippen LogP contribution in [0, 0.1) is 0 Å². The molecule has 1 fully saturated rings. The quantitative estimate of drug-likeness (QED) is 0.645. The molecule has 3 rings (SSSR count). The molecule has 1 aliphatic rings. The molecule has 3 nitrogen and oxygen atoms in total. The van der Waals surface area contributed by atoms with E-state index in [-0.39, 0.29) is 0 Å². The van der Waals surface area contributed by atoms with Crippen LogP contribution < -0.4 is 11.5 Å². The normalized spacial score (nSPS) is 18.3. The number of nitrogens with two attached hydrogens (primary N) is 2. The molecule has 1 unspecified atom stereocenters. The van der Waals surface area contributed by atoms with Crippen molar-refractivity contribution in [1.82, 2.24) is 0 Å². The van der Waals surface area contributed by atoms with Gasteiger partial charge in [-0.2, -0.15) is 0 Å². The molecule has 0 aliphatic carbocycles. The Morgan fingerprint density at radius 2 is 1.63 bits per heavy atom. The van der Waals surface area contributed by atoms with E-state index in [1.54, 1.807) is 0 Å². The van der Waals surface area contributed by atoms with Crippen molar-refractivity contribution in [1.29, 1.82) is 0 Å². The summed E-state index contributed by atoms with van der Waals surface area (Å²) in [5, 5.41) is 0. The van der Waals surface area contributed by atoms with Gasteiger partial charge in [-0.1, -0.05) is 54.6 Å². The van der Waals surface area contributed by atoms with E-state index in [9.17, 15) is 0 Å². The summed E-state index contributed by atoms with van der Waals surface area (Å²) in [5.41, 5.74) is 14.9. The second-order valence-electron chi connectivity index (χ2n) is 5.05. The highest BCUT2D eigenvalue weighted by Gasteiger charge is 2.30. The van der Waals surface area contributed by atoms with E-state index in [4.69, 9.17) is 16.2 Å². The summed E-state index contributed by atoms with van der Waals surface area (Å²) in [6, 6.07) is 17.9. The Morgan fingerprint density at radius 3 is 2.32 bits per heavy atom. The van der Waals surface area contributed by atoms with Gasteiger partial charge in [-0.15, -0.1) is 0 Å². The highest BCUT2D eigenvalue weighted by molar-refractivity contribution is 5.41. The lowest BCUT2D eigenvalue weighted by Crippen LogP contribution is -2.47. The van der Waals surface area contributed by atoms with Crippen molar-refractivity contribution in [2.75, 3.05) is 6.61 Å². The minimum Gasteiger partial charge on any atom is -0.373 e. The van der Waals surface area contributed by atoms with E-state index < -0.39 is 5.66 Å². The molecule has 0 saturated carbocycles. The molecular weight excluding hydrogens is 236 g/mol. The second-order valence-corrected chi connectivity index (χ2v) is 5.05. The molecule has 1 aliphatic heterocycles. The Bertz CT molecular complexity index is 562. The number of benzene rings is 2. The highest BCUT2D eigenvalue weighted by Crippen LogP contribution is 2.27. The van der Waals surface area contributed by atoms with Gasteiger partial charge in [0.15, 0.2) is 0 Å². The number of rotatable bonds is 4. The Balaban J connectivity index is 2.00. The number of hydrogen-bond acceptors (Lipinski definition) is 3. The minimum absolute atomic E-state index is 0.327. The molecule has 2 aromatic rings. The maximum atomic E-state index is 6.39. The molecule has 0 amide bonds. The SMILES string of the molecule is NC(N)(c1ccccc1)c1ccccc1CC1CO1. The zero-order chi connectivity index (χ0) is 13.3. The van der Waals surface area contributed by atoms with Crippen molar-refractivity contribution >= 4 is 0 Å². The van der Waals surface area contributed by atoms with Gasteiger partial charge in [0, 0.05) is 6.42 Å². The van der Waals surface area contributed by atoms with Crippen LogP contribution in [0.4, 0.5) is 0 Å². The molecule has 3 heteroatoms. The molecule has 4 N–H and O–H groups in total. The summed E-state index contributed by atoms with van der Waals surface area (Å²) in [7, 11) is 0. The van der Waals surface area contributed by atoms with E-state index >= 15 is 0 Å². The summed E-state index contributed by atoms with van der Waals surface area (Å²) in [5.74, 6) is 0. The number of ether oxygens (including phenoxy) is 1. The number of hydrogen-bond donors (Lipinski definition) is 2. The zero-order valence-corrected chi connectivity index (χ0v) is 10.8. The minimum atomic E-state index is -0.966. The van der Waals surface area contributed by atoms with Gasteiger partial charge < -0.3 is 16.2 Å². The first-order valence-corrected chi connectivity index (χ1v) is 6.51. The van der Waals surface area contributed by atoms with Crippen LogP contribution >= 0.6 is 0 Å².